The summed E-state index contributed by atoms with van der Waals surface area (Å²) in [5, 5.41) is 11.9. The molecule has 0 radical (unpaired) electrons. The van der Waals surface area contributed by atoms with Gasteiger partial charge < -0.3 is 4.74 Å². The van der Waals surface area contributed by atoms with Crippen LogP contribution >= 0.6 is 22.7 Å². The molecule has 4 rings (SSSR count). The average molecular weight is 467 g/mol. The molecular formula is C24H26N4O2S2. The SMILES string of the molecule is CCn1cc(-c2csc(NC(=O)c3cc(COc4cc(C)cc(C)c4C)cs3)n2)c(C)n1. The minimum Gasteiger partial charge on any atom is -0.489 e. The molecule has 0 saturated heterocycles. The molecule has 166 valence electrons. The van der Waals surface area contributed by atoms with Gasteiger partial charge >= 0.3 is 0 Å². The first-order chi connectivity index (χ1) is 15.3. The zero-order chi connectivity index (χ0) is 22.8. The second-order valence-electron chi connectivity index (χ2n) is 7.79. The van der Waals surface area contributed by atoms with Crippen molar-refractivity contribution < 1.29 is 9.53 Å². The van der Waals surface area contributed by atoms with Crippen molar-refractivity contribution in [2.75, 3.05) is 5.32 Å². The second kappa shape index (κ2) is 9.26. The van der Waals surface area contributed by atoms with Crippen LogP contribution in [0.3, 0.4) is 0 Å². The fraction of sp³-hybridized carbons (Fsp3) is 0.292. The highest BCUT2D eigenvalue weighted by molar-refractivity contribution is 7.14. The van der Waals surface area contributed by atoms with E-state index in [2.05, 4.69) is 42.2 Å². The Bertz CT molecular complexity index is 1270. The van der Waals surface area contributed by atoms with Crippen LogP contribution in [0.15, 0.2) is 35.2 Å². The molecule has 0 bridgehead atoms. The lowest BCUT2D eigenvalue weighted by Crippen LogP contribution is -2.09. The minimum absolute atomic E-state index is 0.161. The van der Waals surface area contributed by atoms with E-state index in [1.807, 2.05) is 47.6 Å². The maximum Gasteiger partial charge on any atom is 0.267 e. The smallest absolute Gasteiger partial charge is 0.267 e. The number of nitrogens with one attached hydrogen (secondary N) is 1. The summed E-state index contributed by atoms with van der Waals surface area (Å²) in [7, 11) is 0. The summed E-state index contributed by atoms with van der Waals surface area (Å²) in [5.41, 5.74) is 7.24. The quantitative estimate of drug-likeness (QED) is 0.354. The monoisotopic (exact) mass is 466 g/mol. The molecule has 0 aliphatic carbocycles. The number of anilines is 1. The Morgan fingerprint density at radius 3 is 2.69 bits per heavy atom. The zero-order valence-electron chi connectivity index (χ0n) is 18.9. The van der Waals surface area contributed by atoms with Gasteiger partial charge in [0.1, 0.15) is 12.4 Å². The molecule has 0 aliphatic heterocycles. The van der Waals surface area contributed by atoms with E-state index in [9.17, 15) is 4.79 Å². The number of aromatic nitrogens is 3. The van der Waals surface area contributed by atoms with Gasteiger partial charge in [-0.1, -0.05) is 6.07 Å². The lowest BCUT2D eigenvalue weighted by molar-refractivity contribution is 0.103. The topological polar surface area (TPSA) is 69.0 Å². The highest BCUT2D eigenvalue weighted by Gasteiger charge is 2.15. The molecular weight excluding hydrogens is 440 g/mol. The van der Waals surface area contributed by atoms with E-state index in [1.165, 1.54) is 33.8 Å². The van der Waals surface area contributed by atoms with Crippen LogP contribution in [0.4, 0.5) is 5.13 Å². The van der Waals surface area contributed by atoms with Gasteiger partial charge in [-0.15, -0.1) is 22.7 Å². The van der Waals surface area contributed by atoms with Crippen LogP contribution in [0.5, 0.6) is 5.75 Å². The number of hydrogen-bond donors (Lipinski definition) is 1. The third-order valence-corrected chi connectivity index (χ3v) is 7.04. The predicted molar refractivity (Wildman–Crippen MR) is 131 cm³/mol. The molecule has 32 heavy (non-hydrogen) atoms. The Kier molecular flexibility index (Phi) is 6.43. The van der Waals surface area contributed by atoms with Gasteiger partial charge in [0.2, 0.25) is 0 Å². The highest BCUT2D eigenvalue weighted by atomic mass is 32.1. The van der Waals surface area contributed by atoms with Crippen LogP contribution in [0.25, 0.3) is 11.3 Å². The van der Waals surface area contributed by atoms with Crippen molar-refractivity contribution in [2.24, 2.45) is 0 Å². The van der Waals surface area contributed by atoms with Crippen LogP contribution in [0, 0.1) is 27.7 Å². The number of amides is 1. The fourth-order valence-electron chi connectivity index (χ4n) is 3.43. The van der Waals surface area contributed by atoms with E-state index in [0.29, 0.717) is 16.6 Å². The first kappa shape index (κ1) is 22.2. The summed E-state index contributed by atoms with van der Waals surface area (Å²) in [4.78, 5) is 17.9. The molecule has 0 saturated carbocycles. The molecule has 3 aromatic heterocycles. The molecule has 0 aliphatic rings. The zero-order valence-corrected chi connectivity index (χ0v) is 20.5. The first-order valence-corrected chi connectivity index (χ1v) is 12.2. The average Bonchev–Trinajstić information content (AvgIpc) is 3.49. The van der Waals surface area contributed by atoms with Crippen molar-refractivity contribution in [3.05, 3.63) is 68.0 Å². The Hall–Kier alpha value is -2.97. The number of carbonyl (C=O) groups is 1. The van der Waals surface area contributed by atoms with Gasteiger partial charge in [-0.25, -0.2) is 4.98 Å². The van der Waals surface area contributed by atoms with Gasteiger partial charge in [0.15, 0.2) is 5.13 Å². The van der Waals surface area contributed by atoms with Crippen molar-refractivity contribution >= 4 is 33.7 Å². The molecule has 1 aromatic carbocycles. The molecule has 0 fully saturated rings. The maximum atomic E-state index is 12.7. The van der Waals surface area contributed by atoms with Gasteiger partial charge in [0.25, 0.3) is 5.91 Å². The fourth-order valence-corrected chi connectivity index (χ4v) is 4.92. The van der Waals surface area contributed by atoms with Crippen molar-refractivity contribution in [3.8, 4) is 17.0 Å². The molecule has 8 heteroatoms. The molecule has 0 atom stereocenters. The van der Waals surface area contributed by atoms with E-state index in [0.717, 1.165) is 40.4 Å². The Balaban J connectivity index is 1.40. The highest BCUT2D eigenvalue weighted by Crippen LogP contribution is 2.28. The molecule has 0 spiro atoms. The molecule has 4 aromatic rings. The van der Waals surface area contributed by atoms with Gasteiger partial charge in [-0.3, -0.25) is 14.8 Å². The van der Waals surface area contributed by atoms with Crippen molar-refractivity contribution in [1.29, 1.82) is 0 Å². The van der Waals surface area contributed by atoms with Crippen LogP contribution in [0.1, 0.15) is 44.5 Å². The predicted octanol–water partition coefficient (Wildman–Crippen LogP) is 6.15. The van der Waals surface area contributed by atoms with E-state index in [1.54, 1.807) is 0 Å². The number of thiazole rings is 1. The number of rotatable bonds is 7. The van der Waals surface area contributed by atoms with E-state index >= 15 is 0 Å². The number of thiophene rings is 1. The largest absolute Gasteiger partial charge is 0.489 e. The molecule has 1 N–H and O–H groups in total. The summed E-state index contributed by atoms with van der Waals surface area (Å²) in [6, 6.07) is 6.08. The van der Waals surface area contributed by atoms with Gasteiger partial charge in [0.05, 0.1) is 16.3 Å². The summed E-state index contributed by atoms with van der Waals surface area (Å²) < 4.78 is 7.91. The number of ether oxygens (including phenoxy) is 1. The van der Waals surface area contributed by atoms with E-state index in [-0.39, 0.29) is 5.91 Å². The maximum absolute atomic E-state index is 12.7. The minimum atomic E-state index is -0.161. The van der Waals surface area contributed by atoms with Gasteiger partial charge in [0, 0.05) is 29.2 Å². The normalized spacial score (nSPS) is 11.0. The molecule has 1 amide bonds. The Labute approximate surface area is 195 Å². The summed E-state index contributed by atoms with van der Waals surface area (Å²) in [5.74, 6) is 0.724. The standard InChI is InChI=1S/C24H26N4O2S2/c1-6-28-10-19(17(5)27-28)20-13-32-24(25-20)26-23(29)22-9-18(12-31-22)11-30-21-8-14(2)7-15(3)16(21)4/h7-10,12-13H,6,11H2,1-5H3,(H,25,26,29). The van der Waals surface area contributed by atoms with Crippen LogP contribution in [0.2, 0.25) is 0 Å². The third-order valence-electron chi connectivity index (χ3n) is 5.31. The molecule has 3 heterocycles. The van der Waals surface area contributed by atoms with E-state index in [4.69, 9.17) is 4.74 Å². The van der Waals surface area contributed by atoms with Crippen molar-refractivity contribution in [1.82, 2.24) is 14.8 Å². The second-order valence-corrected chi connectivity index (χ2v) is 9.56. The molecule has 6 nitrogen and oxygen atoms in total. The Morgan fingerprint density at radius 1 is 1.12 bits per heavy atom. The van der Waals surface area contributed by atoms with Gasteiger partial charge in [-0.2, -0.15) is 5.10 Å². The molecule has 0 unspecified atom stereocenters. The van der Waals surface area contributed by atoms with Crippen molar-refractivity contribution in [3.63, 3.8) is 0 Å². The van der Waals surface area contributed by atoms with Crippen molar-refractivity contribution in [2.45, 2.75) is 47.8 Å². The number of hydrogen-bond acceptors (Lipinski definition) is 6. The van der Waals surface area contributed by atoms with Crippen LogP contribution in [-0.2, 0) is 13.2 Å². The lowest BCUT2D eigenvalue weighted by Gasteiger charge is -2.11. The van der Waals surface area contributed by atoms with E-state index < -0.39 is 0 Å². The van der Waals surface area contributed by atoms with Crippen LogP contribution in [-0.4, -0.2) is 20.7 Å². The third kappa shape index (κ3) is 4.76. The number of nitrogens with zero attached hydrogens (tertiary/aromatic N) is 3. The first-order valence-electron chi connectivity index (χ1n) is 10.4. The lowest BCUT2D eigenvalue weighted by atomic mass is 10.1. The summed E-state index contributed by atoms with van der Waals surface area (Å²) >= 11 is 2.82. The summed E-state index contributed by atoms with van der Waals surface area (Å²) in [6.07, 6.45) is 1.99. The number of carbonyl (C=O) groups excluding carboxylic acids is 1. The van der Waals surface area contributed by atoms with Crippen LogP contribution < -0.4 is 10.1 Å². The summed E-state index contributed by atoms with van der Waals surface area (Å²) in [6.45, 7) is 11.5. The van der Waals surface area contributed by atoms with Gasteiger partial charge in [-0.05, 0) is 68.8 Å². The number of aryl methyl sites for hydroxylation is 4. The number of benzene rings is 1. The Morgan fingerprint density at radius 2 is 1.94 bits per heavy atom.